The van der Waals surface area contributed by atoms with Crippen molar-refractivity contribution in [1.82, 2.24) is 4.31 Å². The molecular formula is C18H27N3O5S. The molecule has 2 saturated heterocycles. The average molecular weight is 397 g/mol. The molecule has 0 amide bonds. The maximum Gasteiger partial charge on any atom is 0.293 e. The zero-order valence-electron chi connectivity index (χ0n) is 15.6. The van der Waals surface area contributed by atoms with Gasteiger partial charge in [0.2, 0.25) is 10.0 Å². The summed E-state index contributed by atoms with van der Waals surface area (Å²) in [4.78, 5) is 11.0. The van der Waals surface area contributed by atoms with Gasteiger partial charge in [0.15, 0.2) is 0 Å². The van der Waals surface area contributed by atoms with E-state index in [1.165, 1.54) is 22.5 Å². The van der Waals surface area contributed by atoms with Crippen LogP contribution in [0.25, 0.3) is 0 Å². The van der Waals surface area contributed by atoms with E-state index in [0.717, 1.165) is 38.5 Å². The SMILES string of the molecule is C[C@@H](Nc1ccc(S(=O)(=O)N2CCCCCC2)cc1[N+](=O)[O-])[C@@H]1CCCO1. The Morgan fingerprint density at radius 3 is 2.52 bits per heavy atom. The second-order valence-electron chi connectivity index (χ2n) is 7.24. The number of nitrogens with zero attached hydrogens (tertiary/aromatic N) is 2. The lowest BCUT2D eigenvalue weighted by Gasteiger charge is -2.22. The highest BCUT2D eigenvalue weighted by Crippen LogP contribution is 2.31. The molecule has 3 rings (SSSR count). The molecule has 2 aliphatic rings. The van der Waals surface area contributed by atoms with E-state index < -0.39 is 14.9 Å². The summed E-state index contributed by atoms with van der Waals surface area (Å²) in [6.07, 6.45) is 5.55. The molecule has 0 aliphatic carbocycles. The van der Waals surface area contributed by atoms with E-state index >= 15 is 0 Å². The van der Waals surface area contributed by atoms with Crippen molar-refractivity contribution in [2.24, 2.45) is 0 Å². The molecule has 2 atom stereocenters. The molecule has 8 nitrogen and oxygen atoms in total. The van der Waals surface area contributed by atoms with Crippen molar-refractivity contribution in [2.75, 3.05) is 25.0 Å². The summed E-state index contributed by atoms with van der Waals surface area (Å²) in [6.45, 7) is 3.55. The number of nitro groups is 1. The maximum atomic E-state index is 12.9. The van der Waals surface area contributed by atoms with E-state index in [1.807, 2.05) is 6.92 Å². The topological polar surface area (TPSA) is 102 Å². The van der Waals surface area contributed by atoms with Crippen LogP contribution in [-0.2, 0) is 14.8 Å². The second-order valence-corrected chi connectivity index (χ2v) is 9.18. The van der Waals surface area contributed by atoms with Gasteiger partial charge in [0.05, 0.1) is 15.9 Å². The third kappa shape index (κ3) is 4.59. The summed E-state index contributed by atoms with van der Waals surface area (Å²) in [5, 5.41) is 14.7. The lowest BCUT2D eigenvalue weighted by Crippen LogP contribution is -2.32. The Kier molecular flexibility index (Phi) is 6.33. The number of anilines is 1. The molecule has 2 heterocycles. The molecular weight excluding hydrogens is 370 g/mol. The van der Waals surface area contributed by atoms with Crippen LogP contribution in [0.15, 0.2) is 23.1 Å². The number of nitrogens with one attached hydrogen (secondary N) is 1. The summed E-state index contributed by atoms with van der Waals surface area (Å²) < 4.78 is 32.9. The van der Waals surface area contributed by atoms with Gasteiger partial charge in [-0.15, -0.1) is 0 Å². The van der Waals surface area contributed by atoms with Crippen LogP contribution in [0.1, 0.15) is 45.4 Å². The highest BCUT2D eigenvalue weighted by Gasteiger charge is 2.29. The molecule has 9 heteroatoms. The number of rotatable bonds is 6. The van der Waals surface area contributed by atoms with Crippen molar-refractivity contribution in [2.45, 2.75) is 62.5 Å². The Bertz CT molecular complexity index is 769. The van der Waals surface area contributed by atoms with Crippen LogP contribution >= 0.6 is 0 Å². The minimum Gasteiger partial charge on any atom is -0.376 e. The number of ether oxygens (including phenoxy) is 1. The summed E-state index contributed by atoms with van der Waals surface area (Å²) in [6, 6.07) is 4.02. The van der Waals surface area contributed by atoms with Crippen molar-refractivity contribution in [3.63, 3.8) is 0 Å². The monoisotopic (exact) mass is 397 g/mol. The van der Waals surface area contributed by atoms with Gasteiger partial charge in [0.1, 0.15) is 5.69 Å². The highest BCUT2D eigenvalue weighted by atomic mass is 32.2. The van der Waals surface area contributed by atoms with Crippen molar-refractivity contribution in [1.29, 1.82) is 0 Å². The Morgan fingerprint density at radius 1 is 1.22 bits per heavy atom. The Morgan fingerprint density at radius 2 is 1.93 bits per heavy atom. The van der Waals surface area contributed by atoms with Gasteiger partial charge in [-0.05, 0) is 44.7 Å². The van der Waals surface area contributed by atoms with Crippen LogP contribution in [-0.4, -0.2) is 49.5 Å². The van der Waals surface area contributed by atoms with E-state index in [4.69, 9.17) is 4.74 Å². The van der Waals surface area contributed by atoms with Crippen LogP contribution in [0, 0.1) is 10.1 Å². The van der Waals surface area contributed by atoms with Gasteiger partial charge in [-0.25, -0.2) is 8.42 Å². The number of sulfonamides is 1. The molecule has 27 heavy (non-hydrogen) atoms. The molecule has 2 aliphatic heterocycles. The second kappa shape index (κ2) is 8.53. The van der Waals surface area contributed by atoms with Crippen molar-refractivity contribution < 1.29 is 18.1 Å². The number of benzene rings is 1. The van der Waals surface area contributed by atoms with Crippen LogP contribution in [0.3, 0.4) is 0 Å². The molecule has 1 aromatic carbocycles. The third-order valence-corrected chi connectivity index (χ3v) is 7.17. The first-order valence-electron chi connectivity index (χ1n) is 9.56. The van der Waals surface area contributed by atoms with Gasteiger partial charge in [-0.3, -0.25) is 10.1 Å². The van der Waals surface area contributed by atoms with Crippen molar-refractivity contribution >= 4 is 21.4 Å². The van der Waals surface area contributed by atoms with E-state index in [1.54, 1.807) is 0 Å². The Labute approximate surface area is 160 Å². The zero-order chi connectivity index (χ0) is 19.4. The molecule has 2 fully saturated rings. The van der Waals surface area contributed by atoms with Crippen molar-refractivity contribution in [3.05, 3.63) is 28.3 Å². The van der Waals surface area contributed by atoms with Crippen LogP contribution in [0.4, 0.5) is 11.4 Å². The molecule has 0 spiro atoms. The molecule has 0 radical (unpaired) electrons. The highest BCUT2D eigenvalue weighted by molar-refractivity contribution is 7.89. The third-order valence-electron chi connectivity index (χ3n) is 5.27. The van der Waals surface area contributed by atoms with Gasteiger partial charge >= 0.3 is 0 Å². The van der Waals surface area contributed by atoms with Gasteiger partial charge in [0.25, 0.3) is 5.69 Å². The number of nitro benzene ring substituents is 1. The number of hydrogen-bond donors (Lipinski definition) is 1. The Balaban J connectivity index is 1.85. The van der Waals surface area contributed by atoms with Gasteiger partial charge in [-0.1, -0.05) is 12.8 Å². The van der Waals surface area contributed by atoms with Crippen LogP contribution in [0.2, 0.25) is 0 Å². The molecule has 0 unspecified atom stereocenters. The van der Waals surface area contributed by atoms with Gasteiger partial charge in [0, 0.05) is 31.8 Å². The van der Waals surface area contributed by atoms with E-state index in [-0.39, 0.29) is 22.7 Å². The fourth-order valence-corrected chi connectivity index (χ4v) is 5.25. The minimum atomic E-state index is -3.73. The Hall–Kier alpha value is -1.71. The summed E-state index contributed by atoms with van der Waals surface area (Å²) in [5.74, 6) is 0. The van der Waals surface area contributed by atoms with Crippen LogP contribution < -0.4 is 5.32 Å². The largest absolute Gasteiger partial charge is 0.376 e. The summed E-state index contributed by atoms with van der Waals surface area (Å²) in [5.41, 5.74) is 0.0913. The fraction of sp³-hybridized carbons (Fsp3) is 0.667. The lowest BCUT2D eigenvalue weighted by atomic mass is 10.1. The number of hydrogen-bond acceptors (Lipinski definition) is 6. The molecule has 0 saturated carbocycles. The van der Waals surface area contributed by atoms with E-state index in [9.17, 15) is 18.5 Å². The van der Waals surface area contributed by atoms with Crippen molar-refractivity contribution in [3.8, 4) is 0 Å². The fourth-order valence-electron chi connectivity index (χ4n) is 3.71. The first-order chi connectivity index (χ1) is 12.9. The summed E-state index contributed by atoms with van der Waals surface area (Å²) in [7, 11) is -3.73. The predicted octanol–water partition coefficient (Wildman–Crippen LogP) is 3.14. The van der Waals surface area contributed by atoms with Gasteiger partial charge in [-0.2, -0.15) is 4.31 Å². The minimum absolute atomic E-state index is 0.00473. The first-order valence-corrected chi connectivity index (χ1v) is 11.0. The van der Waals surface area contributed by atoms with Crippen LogP contribution in [0.5, 0.6) is 0 Å². The molecule has 150 valence electrons. The standard InChI is InChI=1S/C18H27N3O5S/c1-14(18-7-6-12-26-18)19-16-9-8-15(13-17(16)21(22)23)27(24,25)20-10-4-2-3-5-11-20/h8-9,13-14,18-19H,2-7,10-12H2,1H3/t14-,18+/m1/s1. The quantitative estimate of drug-likeness (QED) is 0.584. The first kappa shape index (κ1) is 20.0. The molecule has 0 aromatic heterocycles. The zero-order valence-corrected chi connectivity index (χ0v) is 16.4. The predicted molar refractivity (Wildman–Crippen MR) is 102 cm³/mol. The summed E-state index contributed by atoms with van der Waals surface area (Å²) >= 11 is 0. The maximum absolute atomic E-state index is 12.9. The smallest absolute Gasteiger partial charge is 0.293 e. The van der Waals surface area contributed by atoms with Gasteiger partial charge < -0.3 is 10.1 Å². The molecule has 1 N–H and O–H groups in total. The molecule has 0 bridgehead atoms. The average Bonchev–Trinajstić information content (AvgIpc) is 3.03. The van der Waals surface area contributed by atoms with E-state index in [0.29, 0.717) is 25.4 Å². The van der Waals surface area contributed by atoms with E-state index in [2.05, 4.69) is 5.32 Å². The lowest BCUT2D eigenvalue weighted by molar-refractivity contribution is -0.384. The molecule has 1 aromatic rings. The normalized spacial score (nSPS) is 22.9.